The topological polar surface area (TPSA) is 94.5 Å². The van der Waals surface area contributed by atoms with Crippen molar-refractivity contribution in [2.24, 2.45) is 0 Å². The van der Waals surface area contributed by atoms with E-state index < -0.39 is 0 Å². The van der Waals surface area contributed by atoms with Gasteiger partial charge in [-0.3, -0.25) is 9.59 Å². The van der Waals surface area contributed by atoms with Gasteiger partial charge in [0.25, 0.3) is 5.91 Å². The number of ether oxygens (including phenoxy) is 2. The van der Waals surface area contributed by atoms with Gasteiger partial charge in [0.05, 0.1) is 12.2 Å². The van der Waals surface area contributed by atoms with Crippen LogP contribution in [0, 0.1) is 0 Å². The maximum absolute atomic E-state index is 12.2. The van der Waals surface area contributed by atoms with Crippen LogP contribution in [0.3, 0.4) is 0 Å². The summed E-state index contributed by atoms with van der Waals surface area (Å²) < 4.78 is 12.2. The third kappa shape index (κ3) is 3.96. The van der Waals surface area contributed by atoms with Crippen molar-refractivity contribution in [3.05, 3.63) is 72.1 Å². The molecule has 2 heterocycles. The van der Waals surface area contributed by atoms with E-state index >= 15 is 0 Å². The Hall–Kier alpha value is -3.81. The van der Waals surface area contributed by atoms with Crippen molar-refractivity contribution in [2.45, 2.75) is 6.54 Å². The van der Waals surface area contributed by atoms with Gasteiger partial charge in [-0.2, -0.15) is 5.10 Å². The monoisotopic (exact) mass is 378 g/mol. The maximum Gasteiger partial charge on any atom is 0.251 e. The minimum Gasteiger partial charge on any atom is -0.454 e. The Kier molecular flexibility index (Phi) is 4.92. The average Bonchev–Trinajstić information content (AvgIpc) is 3.42. The third-order valence-corrected chi connectivity index (χ3v) is 4.24. The Morgan fingerprint density at radius 3 is 2.64 bits per heavy atom. The summed E-state index contributed by atoms with van der Waals surface area (Å²) in [4.78, 5) is 24.2. The largest absolute Gasteiger partial charge is 0.454 e. The second-order valence-corrected chi connectivity index (χ2v) is 6.14. The lowest BCUT2D eigenvalue weighted by molar-refractivity contribution is -0.120. The molecular formula is C20H18N4O4. The van der Waals surface area contributed by atoms with E-state index in [2.05, 4.69) is 15.7 Å². The van der Waals surface area contributed by atoms with Gasteiger partial charge < -0.3 is 20.1 Å². The Morgan fingerprint density at radius 2 is 1.86 bits per heavy atom. The number of carbonyl (C=O) groups excluding carboxylic acids is 2. The van der Waals surface area contributed by atoms with Crippen molar-refractivity contribution in [2.75, 3.05) is 13.3 Å². The first-order chi connectivity index (χ1) is 13.7. The number of nitrogens with one attached hydrogen (secondary N) is 2. The van der Waals surface area contributed by atoms with Gasteiger partial charge in [0.2, 0.25) is 12.7 Å². The number of hydrogen-bond acceptors (Lipinski definition) is 5. The van der Waals surface area contributed by atoms with Crippen LogP contribution in [0.1, 0.15) is 15.9 Å². The van der Waals surface area contributed by atoms with Crippen molar-refractivity contribution < 1.29 is 19.1 Å². The smallest absolute Gasteiger partial charge is 0.251 e. The van der Waals surface area contributed by atoms with E-state index in [1.54, 1.807) is 29.1 Å². The number of benzene rings is 2. The van der Waals surface area contributed by atoms with Crippen LogP contribution in [0.5, 0.6) is 11.5 Å². The molecule has 0 radical (unpaired) electrons. The number of amides is 2. The minimum absolute atomic E-state index is 0.112. The molecule has 1 aromatic heterocycles. The highest BCUT2D eigenvalue weighted by Gasteiger charge is 2.16. The summed E-state index contributed by atoms with van der Waals surface area (Å²) in [5, 5.41) is 9.54. The molecule has 1 aliphatic heterocycles. The van der Waals surface area contributed by atoms with E-state index in [0.717, 1.165) is 11.3 Å². The van der Waals surface area contributed by atoms with Crippen LogP contribution in [0.15, 0.2) is 60.9 Å². The van der Waals surface area contributed by atoms with Gasteiger partial charge in [-0.1, -0.05) is 12.1 Å². The molecule has 0 fully saturated rings. The highest BCUT2D eigenvalue weighted by molar-refractivity contribution is 5.97. The summed E-state index contributed by atoms with van der Waals surface area (Å²) in [6.07, 6.45) is 3.58. The van der Waals surface area contributed by atoms with Crippen LogP contribution in [0.2, 0.25) is 0 Å². The molecule has 1 aliphatic rings. The lowest BCUT2D eigenvalue weighted by Gasteiger charge is -2.08. The summed E-state index contributed by atoms with van der Waals surface area (Å²) >= 11 is 0. The lowest BCUT2D eigenvalue weighted by Crippen LogP contribution is -2.36. The molecule has 0 atom stereocenters. The van der Waals surface area contributed by atoms with Crippen LogP contribution in [-0.2, 0) is 11.3 Å². The molecule has 2 aromatic carbocycles. The third-order valence-electron chi connectivity index (χ3n) is 4.24. The van der Waals surface area contributed by atoms with Crippen molar-refractivity contribution in [1.29, 1.82) is 0 Å². The predicted octanol–water partition coefficient (Wildman–Crippen LogP) is 1.65. The Bertz CT molecular complexity index is 984. The average molecular weight is 378 g/mol. The number of carbonyl (C=O) groups is 2. The number of nitrogens with zero attached hydrogens (tertiary/aromatic N) is 2. The molecular weight excluding hydrogens is 360 g/mol. The van der Waals surface area contributed by atoms with Gasteiger partial charge in [-0.15, -0.1) is 0 Å². The number of aromatic nitrogens is 2. The molecule has 3 aromatic rings. The first-order valence-corrected chi connectivity index (χ1v) is 8.72. The molecule has 2 amide bonds. The first kappa shape index (κ1) is 17.6. The zero-order chi connectivity index (χ0) is 19.3. The molecule has 0 bridgehead atoms. The van der Waals surface area contributed by atoms with Crippen molar-refractivity contribution in [1.82, 2.24) is 20.4 Å². The van der Waals surface area contributed by atoms with Gasteiger partial charge in [-0.25, -0.2) is 4.68 Å². The fraction of sp³-hybridized carbons (Fsp3) is 0.150. The summed E-state index contributed by atoms with van der Waals surface area (Å²) in [6, 6.07) is 14.4. The molecule has 4 rings (SSSR count). The zero-order valence-corrected chi connectivity index (χ0v) is 14.9. The molecule has 0 saturated heterocycles. The van der Waals surface area contributed by atoms with E-state index in [9.17, 15) is 9.59 Å². The number of hydrogen-bond donors (Lipinski definition) is 2. The predicted molar refractivity (Wildman–Crippen MR) is 100 cm³/mol. The van der Waals surface area contributed by atoms with E-state index in [4.69, 9.17) is 9.47 Å². The van der Waals surface area contributed by atoms with Crippen LogP contribution < -0.4 is 20.1 Å². The fourth-order valence-electron chi connectivity index (χ4n) is 2.75. The van der Waals surface area contributed by atoms with Crippen molar-refractivity contribution >= 4 is 11.8 Å². The van der Waals surface area contributed by atoms with E-state index in [-0.39, 0.29) is 25.2 Å². The summed E-state index contributed by atoms with van der Waals surface area (Å²) in [6.45, 7) is 0.405. The lowest BCUT2D eigenvalue weighted by atomic mass is 10.2. The van der Waals surface area contributed by atoms with E-state index in [1.807, 2.05) is 36.5 Å². The summed E-state index contributed by atoms with van der Waals surface area (Å²) in [5.74, 6) is 0.505. The van der Waals surface area contributed by atoms with Crippen molar-refractivity contribution in [3.8, 4) is 17.2 Å². The summed E-state index contributed by atoms with van der Waals surface area (Å²) in [7, 11) is 0. The fourth-order valence-corrected chi connectivity index (χ4v) is 2.75. The molecule has 2 N–H and O–H groups in total. The molecule has 8 heteroatoms. The molecule has 28 heavy (non-hydrogen) atoms. The standard InChI is InChI=1S/C20H18N4O4/c25-19(12-22-20(26)15-4-7-17-18(10-15)28-13-27-17)21-11-14-2-5-16(6-3-14)24-9-1-8-23-24/h1-10H,11-13H2,(H,21,25)(H,22,26). The SMILES string of the molecule is O=C(CNC(=O)c1ccc2c(c1)OCO2)NCc1ccc(-n2cccn2)cc1. The van der Waals surface area contributed by atoms with Crippen molar-refractivity contribution in [3.63, 3.8) is 0 Å². The minimum atomic E-state index is -0.350. The first-order valence-electron chi connectivity index (χ1n) is 8.72. The normalized spacial score (nSPS) is 11.9. The van der Waals surface area contributed by atoms with E-state index in [1.165, 1.54) is 0 Å². The van der Waals surface area contributed by atoms with Gasteiger partial charge in [0.15, 0.2) is 11.5 Å². The van der Waals surface area contributed by atoms with Crippen LogP contribution >= 0.6 is 0 Å². The highest BCUT2D eigenvalue weighted by Crippen LogP contribution is 2.32. The Morgan fingerprint density at radius 1 is 1.04 bits per heavy atom. The highest BCUT2D eigenvalue weighted by atomic mass is 16.7. The molecule has 0 unspecified atom stereocenters. The quantitative estimate of drug-likeness (QED) is 0.680. The van der Waals surface area contributed by atoms with Gasteiger partial charge in [0, 0.05) is 24.5 Å². The second-order valence-electron chi connectivity index (χ2n) is 6.14. The van der Waals surface area contributed by atoms with E-state index in [0.29, 0.717) is 23.6 Å². The van der Waals surface area contributed by atoms with Crippen LogP contribution in [-0.4, -0.2) is 34.9 Å². The Balaban J connectivity index is 1.25. The maximum atomic E-state index is 12.2. The zero-order valence-electron chi connectivity index (χ0n) is 14.9. The molecule has 8 nitrogen and oxygen atoms in total. The van der Waals surface area contributed by atoms with Crippen LogP contribution in [0.4, 0.5) is 0 Å². The molecule has 0 saturated carbocycles. The summed E-state index contributed by atoms with van der Waals surface area (Å²) in [5.41, 5.74) is 2.30. The van der Waals surface area contributed by atoms with Gasteiger partial charge in [0.1, 0.15) is 0 Å². The van der Waals surface area contributed by atoms with Gasteiger partial charge in [-0.05, 0) is 42.0 Å². The molecule has 0 aliphatic carbocycles. The molecule has 0 spiro atoms. The molecule has 142 valence electrons. The number of rotatable bonds is 6. The number of fused-ring (bicyclic) bond motifs is 1. The second kappa shape index (κ2) is 7.83. The van der Waals surface area contributed by atoms with Crippen LogP contribution in [0.25, 0.3) is 5.69 Å². The van der Waals surface area contributed by atoms with Gasteiger partial charge >= 0.3 is 0 Å². The Labute approximate surface area is 161 Å².